The summed E-state index contributed by atoms with van der Waals surface area (Å²) in [6.07, 6.45) is 0.243. The highest BCUT2D eigenvalue weighted by Crippen LogP contribution is 2.13. The van der Waals surface area contributed by atoms with Gasteiger partial charge in [0.15, 0.2) is 5.69 Å². The van der Waals surface area contributed by atoms with Crippen LogP contribution in [0.1, 0.15) is 21.8 Å². The summed E-state index contributed by atoms with van der Waals surface area (Å²) in [6.45, 7) is 0. The van der Waals surface area contributed by atoms with Crippen LogP contribution in [0.2, 0.25) is 0 Å². The number of benzene rings is 1. The van der Waals surface area contributed by atoms with E-state index in [1.165, 1.54) is 12.1 Å². The van der Waals surface area contributed by atoms with Gasteiger partial charge in [0.25, 0.3) is 5.91 Å². The summed E-state index contributed by atoms with van der Waals surface area (Å²) in [7, 11) is 0. The molecule has 0 radical (unpaired) electrons. The number of aromatic nitrogens is 1. The first kappa shape index (κ1) is 10.4. The molecule has 0 aliphatic carbocycles. The van der Waals surface area contributed by atoms with Crippen molar-refractivity contribution in [1.29, 1.82) is 0 Å². The lowest BCUT2D eigenvalue weighted by Crippen LogP contribution is -2.10. The third-order valence-electron chi connectivity index (χ3n) is 2.13. The highest BCUT2D eigenvalue weighted by molar-refractivity contribution is 5.90. The second-order valence-electron chi connectivity index (χ2n) is 3.31. The number of halogens is 1. The van der Waals surface area contributed by atoms with Gasteiger partial charge in [0, 0.05) is 12.5 Å². The number of carbonyl (C=O) groups excluding carboxylic acids is 1. The molecule has 0 saturated carbocycles. The molecule has 1 aromatic carbocycles. The lowest BCUT2D eigenvalue weighted by atomic mass is 10.1. The molecule has 0 aliphatic heterocycles. The molecule has 0 bridgehead atoms. The van der Waals surface area contributed by atoms with E-state index >= 15 is 0 Å². The normalized spacial score (nSPS) is 10.3. The number of hydrogen-bond donors (Lipinski definition) is 1. The minimum Gasteiger partial charge on any atom is -0.364 e. The Morgan fingerprint density at radius 1 is 1.44 bits per heavy atom. The molecule has 4 nitrogen and oxygen atoms in total. The van der Waals surface area contributed by atoms with Gasteiger partial charge in [-0.05, 0) is 11.6 Å². The molecule has 1 heterocycles. The number of amides is 1. The average Bonchev–Trinajstić information content (AvgIpc) is 2.70. The molecule has 2 rings (SSSR count). The van der Waals surface area contributed by atoms with E-state index in [-0.39, 0.29) is 17.9 Å². The fourth-order valence-electron chi connectivity index (χ4n) is 1.34. The zero-order chi connectivity index (χ0) is 11.5. The Balaban J connectivity index is 2.21. The van der Waals surface area contributed by atoms with Crippen LogP contribution in [0.25, 0.3) is 0 Å². The van der Waals surface area contributed by atoms with Crippen molar-refractivity contribution in [3.05, 3.63) is 53.2 Å². The van der Waals surface area contributed by atoms with Crippen LogP contribution in [0.5, 0.6) is 0 Å². The maximum absolute atomic E-state index is 13.3. The highest BCUT2D eigenvalue weighted by atomic mass is 19.1. The van der Waals surface area contributed by atoms with Crippen molar-refractivity contribution in [2.75, 3.05) is 0 Å². The second-order valence-corrected chi connectivity index (χ2v) is 3.31. The topological polar surface area (TPSA) is 69.1 Å². The van der Waals surface area contributed by atoms with Crippen LogP contribution in [0.15, 0.2) is 34.9 Å². The SMILES string of the molecule is NC(=O)c1cc(Cc2ccccc2F)on1. The van der Waals surface area contributed by atoms with Gasteiger partial charge in [0.2, 0.25) is 0 Å². The van der Waals surface area contributed by atoms with E-state index in [4.69, 9.17) is 10.3 Å². The number of carbonyl (C=O) groups is 1. The Morgan fingerprint density at radius 3 is 2.81 bits per heavy atom. The summed E-state index contributed by atoms with van der Waals surface area (Å²) in [4.78, 5) is 10.8. The first-order valence-corrected chi connectivity index (χ1v) is 4.65. The molecule has 2 aromatic rings. The van der Waals surface area contributed by atoms with E-state index in [0.717, 1.165) is 0 Å². The summed E-state index contributed by atoms with van der Waals surface area (Å²) in [5.41, 5.74) is 5.54. The second kappa shape index (κ2) is 4.14. The number of rotatable bonds is 3. The van der Waals surface area contributed by atoms with Gasteiger partial charge < -0.3 is 10.3 Å². The minimum atomic E-state index is -0.663. The van der Waals surface area contributed by atoms with E-state index in [1.807, 2.05) is 0 Å². The number of nitrogens with two attached hydrogens (primary N) is 1. The molecule has 1 aromatic heterocycles. The number of primary amides is 1. The van der Waals surface area contributed by atoms with Crippen LogP contribution < -0.4 is 5.73 Å². The Kier molecular flexibility index (Phi) is 2.68. The zero-order valence-corrected chi connectivity index (χ0v) is 8.31. The maximum atomic E-state index is 13.3. The minimum absolute atomic E-state index is 0.0475. The van der Waals surface area contributed by atoms with Crippen LogP contribution in [-0.4, -0.2) is 11.1 Å². The van der Waals surface area contributed by atoms with E-state index in [2.05, 4.69) is 5.16 Å². The Hall–Kier alpha value is -2.17. The van der Waals surface area contributed by atoms with E-state index in [0.29, 0.717) is 11.3 Å². The zero-order valence-electron chi connectivity index (χ0n) is 8.31. The van der Waals surface area contributed by atoms with Crippen molar-refractivity contribution < 1.29 is 13.7 Å². The standard InChI is InChI=1S/C11H9FN2O2/c12-9-4-2-1-3-7(9)5-8-6-10(11(13)15)14-16-8/h1-4,6H,5H2,(H2,13,15). The van der Waals surface area contributed by atoms with E-state index in [9.17, 15) is 9.18 Å². The molecule has 82 valence electrons. The van der Waals surface area contributed by atoms with Gasteiger partial charge in [0.1, 0.15) is 11.6 Å². The van der Waals surface area contributed by atoms with Gasteiger partial charge in [-0.2, -0.15) is 0 Å². The largest absolute Gasteiger partial charge is 0.364 e. The van der Waals surface area contributed by atoms with E-state index < -0.39 is 5.91 Å². The summed E-state index contributed by atoms with van der Waals surface area (Å²) in [5.74, 6) is -0.582. The van der Waals surface area contributed by atoms with Gasteiger partial charge in [-0.15, -0.1) is 0 Å². The molecule has 0 unspecified atom stereocenters. The van der Waals surface area contributed by atoms with Gasteiger partial charge in [0.05, 0.1) is 0 Å². The monoisotopic (exact) mass is 220 g/mol. The molecule has 16 heavy (non-hydrogen) atoms. The average molecular weight is 220 g/mol. The summed E-state index contributed by atoms with van der Waals surface area (Å²) < 4.78 is 18.2. The van der Waals surface area contributed by atoms with Crippen LogP contribution in [0, 0.1) is 5.82 Å². The van der Waals surface area contributed by atoms with Gasteiger partial charge in [-0.1, -0.05) is 23.4 Å². The summed E-state index contributed by atoms with van der Waals surface area (Å²) >= 11 is 0. The van der Waals surface area contributed by atoms with Crippen LogP contribution in [0.3, 0.4) is 0 Å². The molecule has 2 N–H and O–H groups in total. The molecule has 5 heteroatoms. The van der Waals surface area contributed by atoms with Crippen LogP contribution in [0.4, 0.5) is 4.39 Å². The number of hydrogen-bond acceptors (Lipinski definition) is 3. The molecule has 0 atom stereocenters. The third kappa shape index (κ3) is 2.08. The first-order valence-electron chi connectivity index (χ1n) is 4.65. The van der Waals surface area contributed by atoms with Crippen molar-refractivity contribution in [2.24, 2.45) is 5.73 Å². The first-order chi connectivity index (χ1) is 7.66. The Morgan fingerprint density at radius 2 is 2.19 bits per heavy atom. The molecular formula is C11H9FN2O2. The lowest BCUT2D eigenvalue weighted by Gasteiger charge is -1.98. The molecule has 0 aliphatic rings. The van der Waals surface area contributed by atoms with Gasteiger partial charge >= 0.3 is 0 Å². The molecular weight excluding hydrogens is 211 g/mol. The predicted octanol–water partition coefficient (Wildman–Crippen LogP) is 1.50. The lowest BCUT2D eigenvalue weighted by molar-refractivity contribution is 0.0991. The molecule has 0 spiro atoms. The van der Waals surface area contributed by atoms with Crippen LogP contribution in [-0.2, 0) is 6.42 Å². The number of nitrogens with zero attached hydrogens (tertiary/aromatic N) is 1. The van der Waals surface area contributed by atoms with E-state index in [1.54, 1.807) is 18.2 Å². The maximum Gasteiger partial charge on any atom is 0.270 e. The fourth-order valence-corrected chi connectivity index (χ4v) is 1.34. The van der Waals surface area contributed by atoms with Crippen molar-refractivity contribution in [1.82, 2.24) is 5.16 Å². The van der Waals surface area contributed by atoms with Crippen molar-refractivity contribution in [3.63, 3.8) is 0 Å². The van der Waals surface area contributed by atoms with Gasteiger partial charge in [-0.25, -0.2) is 4.39 Å². The highest BCUT2D eigenvalue weighted by Gasteiger charge is 2.10. The summed E-state index contributed by atoms with van der Waals surface area (Å²) in [6, 6.07) is 7.75. The molecule has 1 amide bonds. The third-order valence-corrected chi connectivity index (χ3v) is 2.13. The van der Waals surface area contributed by atoms with Crippen LogP contribution >= 0.6 is 0 Å². The van der Waals surface area contributed by atoms with Gasteiger partial charge in [-0.3, -0.25) is 4.79 Å². The fraction of sp³-hybridized carbons (Fsp3) is 0.0909. The van der Waals surface area contributed by atoms with Crippen molar-refractivity contribution >= 4 is 5.91 Å². The summed E-state index contributed by atoms with van der Waals surface area (Å²) in [5, 5.41) is 3.47. The van der Waals surface area contributed by atoms with Crippen molar-refractivity contribution in [2.45, 2.75) is 6.42 Å². The van der Waals surface area contributed by atoms with Crippen molar-refractivity contribution in [3.8, 4) is 0 Å². The predicted molar refractivity (Wildman–Crippen MR) is 54.2 cm³/mol. The Bertz CT molecular complexity index is 522. The quantitative estimate of drug-likeness (QED) is 0.852. The molecule has 0 fully saturated rings. The smallest absolute Gasteiger partial charge is 0.270 e. The molecule has 0 saturated heterocycles. The Labute approximate surface area is 90.9 Å².